The number of benzene rings is 1. The molecule has 0 aliphatic heterocycles. The van der Waals surface area contributed by atoms with Crippen molar-refractivity contribution in [1.29, 1.82) is 0 Å². The van der Waals surface area contributed by atoms with Gasteiger partial charge in [-0.05, 0) is 6.92 Å². The number of carbonyl (C=O) groups excluding carboxylic acids is 2. The second-order valence-electron chi connectivity index (χ2n) is 2.30. The normalized spacial score (nSPS) is 7.64. The minimum absolute atomic E-state index is 0. The van der Waals surface area contributed by atoms with Crippen LogP contribution in [-0.2, 0) is 0 Å². The molecule has 1 aromatic carbocycles. The van der Waals surface area contributed by atoms with Crippen molar-refractivity contribution < 1.29 is 9.59 Å². The zero-order valence-electron chi connectivity index (χ0n) is 8.91. The van der Waals surface area contributed by atoms with E-state index in [-0.39, 0.29) is 11.9 Å². The van der Waals surface area contributed by atoms with Crippen molar-refractivity contribution >= 4 is 12.1 Å². The van der Waals surface area contributed by atoms with Crippen LogP contribution in [0.2, 0.25) is 0 Å². The third-order valence-corrected chi connectivity index (χ3v) is 1.45. The van der Waals surface area contributed by atoms with Gasteiger partial charge in [-0.1, -0.05) is 38.1 Å². The minimum Gasteiger partial charge on any atom is -0.344 e. The zero-order valence-corrected chi connectivity index (χ0v) is 8.91. The van der Waals surface area contributed by atoms with E-state index in [4.69, 9.17) is 0 Å². The molecule has 14 heavy (non-hydrogen) atoms. The van der Waals surface area contributed by atoms with Crippen LogP contribution >= 0.6 is 0 Å². The van der Waals surface area contributed by atoms with Gasteiger partial charge in [0.1, 0.15) is 6.29 Å². The van der Waals surface area contributed by atoms with Crippen molar-refractivity contribution in [3.63, 3.8) is 0 Å². The molecule has 0 saturated heterocycles. The van der Waals surface area contributed by atoms with Crippen molar-refractivity contribution in [3.8, 4) is 0 Å². The first kappa shape index (κ1) is 15.0. The maximum absolute atomic E-state index is 10.8. The number of carbonyl (C=O) groups is 2. The lowest BCUT2D eigenvalue weighted by atomic mass is 10.1. The van der Waals surface area contributed by atoms with E-state index in [0.29, 0.717) is 11.1 Å². The molecule has 0 aromatic heterocycles. The van der Waals surface area contributed by atoms with Gasteiger partial charge in [-0.3, -0.25) is 9.59 Å². The average molecular weight is 195 g/mol. The summed E-state index contributed by atoms with van der Waals surface area (Å²) in [6.07, 6.45) is 0.754. The molecule has 0 radical (unpaired) electrons. The Labute approximate surface area is 84.7 Å². The number of rotatable bonds is 2. The van der Waals surface area contributed by atoms with E-state index < -0.39 is 0 Å². The summed E-state index contributed by atoms with van der Waals surface area (Å²) in [5.74, 6) is 0.0162. The van der Waals surface area contributed by atoms with E-state index in [1.165, 1.54) is 6.92 Å². The Kier molecular flexibility index (Phi) is 8.72. The molecule has 0 saturated carbocycles. The first-order chi connectivity index (χ1) is 6.24. The molecule has 0 fully saturated rings. The molecule has 0 heterocycles. The van der Waals surface area contributed by atoms with Crippen LogP contribution in [0.1, 0.15) is 41.5 Å². The first-order valence-corrected chi connectivity index (χ1v) is 4.30. The van der Waals surface area contributed by atoms with Gasteiger partial charge in [0.25, 0.3) is 0 Å². The van der Waals surface area contributed by atoms with Crippen LogP contribution in [0.3, 0.4) is 0 Å². The zero-order chi connectivity index (χ0) is 10.3. The fraction of sp³-hybridized carbons (Fsp3) is 0.273. The van der Waals surface area contributed by atoms with Crippen LogP contribution in [0.15, 0.2) is 24.3 Å². The van der Waals surface area contributed by atoms with Gasteiger partial charge in [-0.25, -0.2) is 0 Å². The molecule has 78 valence electrons. The predicted octanol–water partition coefficient (Wildman–Crippen LogP) is 2.89. The summed E-state index contributed by atoms with van der Waals surface area (Å²) in [6.45, 7) is 5.50. The highest BCUT2D eigenvalue weighted by Gasteiger charge is 1.96. The van der Waals surface area contributed by atoms with Gasteiger partial charge in [0, 0.05) is 11.1 Å². The van der Waals surface area contributed by atoms with Crippen molar-refractivity contribution in [2.45, 2.75) is 20.8 Å². The molecule has 0 aliphatic carbocycles. The van der Waals surface area contributed by atoms with Crippen LogP contribution < -0.4 is 6.15 Å². The van der Waals surface area contributed by atoms with Gasteiger partial charge in [-0.2, -0.15) is 0 Å². The first-order valence-electron chi connectivity index (χ1n) is 4.30. The van der Waals surface area contributed by atoms with E-state index >= 15 is 0 Å². The Morgan fingerprint density at radius 1 is 1.14 bits per heavy atom. The summed E-state index contributed by atoms with van der Waals surface area (Å²) in [5.41, 5.74) is 1.23. The third-order valence-electron chi connectivity index (χ3n) is 1.45. The number of ketones is 1. The Hall–Kier alpha value is -1.48. The molecular formula is C11H17NO2. The largest absolute Gasteiger partial charge is 0.344 e. The van der Waals surface area contributed by atoms with Gasteiger partial charge in [-0.15, -0.1) is 0 Å². The number of Topliss-reactive ketones (excluding diaryl/α,β-unsaturated/α-hetero) is 1. The lowest BCUT2D eigenvalue weighted by molar-refractivity contribution is 0.101. The Morgan fingerprint density at radius 3 is 1.86 bits per heavy atom. The Bertz CT molecular complexity index is 278. The van der Waals surface area contributed by atoms with Crippen molar-refractivity contribution in [2.75, 3.05) is 0 Å². The van der Waals surface area contributed by atoms with Crippen LogP contribution in [0.5, 0.6) is 0 Å². The van der Waals surface area contributed by atoms with Crippen LogP contribution in [0, 0.1) is 0 Å². The number of hydrogen-bond acceptors (Lipinski definition) is 3. The summed E-state index contributed by atoms with van der Waals surface area (Å²) in [4.78, 5) is 21.0. The summed E-state index contributed by atoms with van der Waals surface area (Å²) >= 11 is 0. The molecule has 0 amide bonds. The van der Waals surface area contributed by atoms with Crippen molar-refractivity contribution in [2.24, 2.45) is 0 Å². The Balaban J connectivity index is 0. The second-order valence-corrected chi connectivity index (χ2v) is 2.30. The third kappa shape index (κ3) is 4.52. The van der Waals surface area contributed by atoms with Gasteiger partial charge in [0.15, 0.2) is 5.78 Å². The number of aldehydes is 1. The molecule has 3 N–H and O–H groups in total. The Morgan fingerprint density at radius 2 is 1.57 bits per heavy atom. The molecule has 0 unspecified atom stereocenters. The monoisotopic (exact) mass is 195 g/mol. The molecule has 3 heteroatoms. The van der Waals surface area contributed by atoms with E-state index in [1.54, 1.807) is 24.3 Å². The minimum atomic E-state index is 0. The molecule has 0 spiro atoms. The van der Waals surface area contributed by atoms with Crippen LogP contribution in [0.25, 0.3) is 0 Å². The van der Waals surface area contributed by atoms with E-state index in [2.05, 4.69) is 0 Å². The van der Waals surface area contributed by atoms with Crippen LogP contribution in [0.4, 0.5) is 0 Å². The molecule has 1 aromatic rings. The van der Waals surface area contributed by atoms with Gasteiger partial charge < -0.3 is 6.15 Å². The van der Waals surface area contributed by atoms with Crippen molar-refractivity contribution in [1.82, 2.24) is 6.15 Å². The molecule has 0 bridgehead atoms. The predicted molar refractivity (Wildman–Crippen MR) is 58.2 cm³/mol. The molecule has 0 aliphatic rings. The van der Waals surface area contributed by atoms with E-state index in [0.717, 1.165) is 6.29 Å². The summed E-state index contributed by atoms with van der Waals surface area (Å²) in [6, 6.07) is 6.55. The van der Waals surface area contributed by atoms with Gasteiger partial charge in [0.05, 0.1) is 0 Å². The second kappa shape index (κ2) is 8.13. The van der Waals surface area contributed by atoms with E-state index in [1.807, 2.05) is 13.8 Å². The quantitative estimate of drug-likeness (QED) is 0.582. The summed E-state index contributed by atoms with van der Waals surface area (Å²) in [7, 11) is 0. The highest BCUT2D eigenvalue weighted by molar-refractivity contribution is 5.94. The molecule has 0 atom stereocenters. The molecule has 3 nitrogen and oxygen atoms in total. The summed E-state index contributed by atoms with van der Waals surface area (Å²) < 4.78 is 0. The maximum atomic E-state index is 10.8. The SMILES string of the molecule is CC.CC(=O)c1ccc(C=O)cc1.N. The maximum Gasteiger partial charge on any atom is 0.159 e. The van der Waals surface area contributed by atoms with Gasteiger partial charge >= 0.3 is 0 Å². The molecule has 1 rings (SSSR count). The topological polar surface area (TPSA) is 69.1 Å². The standard InChI is InChI=1S/C9H8O2.C2H6.H3N/c1-7(11)9-4-2-8(6-10)3-5-9;1-2;/h2-6H,1H3;1-2H3;1H3. The summed E-state index contributed by atoms with van der Waals surface area (Å²) in [5, 5.41) is 0. The lowest BCUT2D eigenvalue weighted by Crippen LogP contribution is -1.91. The lowest BCUT2D eigenvalue weighted by Gasteiger charge is -1.93. The highest BCUT2D eigenvalue weighted by Crippen LogP contribution is 2.02. The van der Waals surface area contributed by atoms with Crippen LogP contribution in [-0.4, -0.2) is 12.1 Å². The fourth-order valence-electron chi connectivity index (χ4n) is 0.796. The van der Waals surface area contributed by atoms with Crippen molar-refractivity contribution in [3.05, 3.63) is 35.4 Å². The smallest absolute Gasteiger partial charge is 0.159 e. The number of hydrogen-bond donors (Lipinski definition) is 1. The van der Waals surface area contributed by atoms with E-state index in [9.17, 15) is 9.59 Å². The fourth-order valence-corrected chi connectivity index (χ4v) is 0.796. The average Bonchev–Trinajstić information content (AvgIpc) is 2.21. The highest BCUT2D eigenvalue weighted by atomic mass is 16.1. The van der Waals surface area contributed by atoms with Gasteiger partial charge in [0.2, 0.25) is 0 Å². The molecular weight excluding hydrogens is 178 g/mol.